The zero-order valence-electron chi connectivity index (χ0n) is 12.5. The van der Waals surface area contributed by atoms with Crippen LogP contribution in [-0.2, 0) is 29.1 Å². The summed E-state index contributed by atoms with van der Waals surface area (Å²) in [7, 11) is -5.57. The maximum Gasteiger partial charge on any atom is 0.392 e. The minimum Gasteiger partial charge on any atom is -0.435 e. The topological polar surface area (TPSA) is 99.1 Å². The monoisotopic (exact) mass is 358 g/mol. The normalized spacial score (nSPS) is 17.0. The van der Waals surface area contributed by atoms with Crippen LogP contribution in [0.15, 0.2) is 12.2 Å². The van der Waals surface area contributed by atoms with Crippen LogP contribution in [0, 0.1) is 0 Å². The molecule has 0 aliphatic heterocycles. The second-order valence-electron chi connectivity index (χ2n) is 5.19. The smallest absolute Gasteiger partial charge is 0.392 e. The van der Waals surface area contributed by atoms with Crippen LogP contribution in [0.1, 0.15) is 32.1 Å². The third-order valence-electron chi connectivity index (χ3n) is 3.26. The lowest BCUT2D eigenvalue weighted by molar-refractivity contribution is -0.158. The van der Waals surface area contributed by atoms with Gasteiger partial charge in [-0.1, -0.05) is 25.8 Å². The van der Waals surface area contributed by atoms with Gasteiger partial charge in [0, 0.05) is 0 Å². The third-order valence-corrected chi connectivity index (χ3v) is 4.13. The molecule has 0 aromatic rings. The number of carbonyl (C=O) groups is 1. The summed E-state index contributed by atoms with van der Waals surface area (Å²) in [6, 6.07) is 0. The number of alkyl halides is 2. The van der Waals surface area contributed by atoms with Gasteiger partial charge >= 0.3 is 21.3 Å². The second kappa shape index (κ2) is 8.67. The highest BCUT2D eigenvalue weighted by molar-refractivity contribution is 7.86. The standard InChI is InChI=1S/C13H20F2O7S/c1-10(7-20-8-13(14,15)23(17,18)19)12(16)22-9-21-11-5-3-2-4-6-11/h11H,1-9H2,(H,17,18,19). The number of ether oxygens (including phenoxy) is 3. The van der Waals surface area contributed by atoms with E-state index in [1.165, 1.54) is 0 Å². The van der Waals surface area contributed by atoms with E-state index in [0.29, 0.717) is 0 Å². The SMILES string of the molecule is C=C(COCC(F)(F)S(=O)(=O)O)C(=O)OCOC1CCCCC1. The zero-order valence-corrected chi connectivity index (χ0v) is 13.3. The van der Waals surface area contributed by atoms with Gasteiger partial charge in [0.05, 0.1) is 18.3 Å². The van der Waals surface area contributed by atoms with E-state index in [4.69, 9.17) is 14.0 Å². The average Bonchev–Trinajstić information content (AvgIpc) is 2.46. The summed E-state index contributed by atoms with van der Waals surface area (Å²) < 4.78 is 69.2. The highest BCUT2D eigenvalue weighted by atomic mass is 32.2. The van der Waals surface area contributed by atoms with Crippen molar-refractivity contribution in [2.75, 3.05) is 20.0 Å². The maximum atomic E-state index is 12.9. The molecule has 1 fully saturated rings. The Kier molecular flexibility index (Phi) is 7.52. The molecule has 10 heteroatoms. The lowest BCUT2D eigenvalue weighted by Crippen LogP contribution is -2.34. The molecule has 0 saturated heterocycles. The van der Waals surface area contributed by atoms with Crippen LogP contribution in [0.4, 0.5) is 8.78 Å². The summed E-state index contributed by atoms with van der Waals surface area (Å²) in [5.74, 6) is -0.893. The van der Waals surface area contributed by atoms with E-state index in [2.05, 4.69) is 11.3 Å². The van der Waals surface area contributed by atoms with Gasteiger partial charge in [-0.2, -0.15) is 17.2 Å². The third kappa shape index (κ3) is 6.90. The van der Waals surface area contributed by atoms with Crippen molar-refractivity contribution in [1.29, 1.82) is 0 Å². The number of carbonyl (C=O) groups excluding carboxylic acids is 1. The van der Waals surface area contributed by atoms with Crippen molar-refractivity contribution >= 4 is 16.1 Å². The van der Waals surface area contributed by atoms with E-state index < -0.39 is 34.6 Å². The summed E-state index contributed by atoms with van der Waals surface area (Å²) in [5, 5.41) is -4.46. The first-order chi connectivity index (χ1) is 10.6. The van der Waals surface area contributed by atoms with Gasteiger partial charge < -0.3 is 14.2 Å². The summed E-state index contributed by atoms with van der Waals surface area (Å²) >= 11 is 0. The van der Waals surface area contributed by atoms with E-state index in [1.54, 1.807) is 0 Å². The average molecular weight is 358 g/mol. The van der Waals surface area contributed by atoms with Crippen LogP contribution >= 0.6 is 0 Å². The fourth-order valence-corrected chi connectivity index (χ4v) is 2.18. The molecule has 1 N–H and O–H groups in total. The lowest BCUT2D eigenvalue weighted by Gasteiger charge is -2.21. The van der Waals surface area contributed by atoms with Gasteiger partial charge in [-0.3, -0.25) is 4.55 Å². The van der Waals surface area contributed by atoms with Crippen LogP contribution in [0.2, 0.25) is 0 Å². The van der Waals surface area contributed by atoms with Gasteiger partial charge in [0.2, 0.25) is 0 Å². The Morgan fingerprint density at radius 2 is 1.87 bits per heavy atom. The molecule has 1 aliphatic rings. The van der Waals surface area contributed by atoms with Gasteiger partial charge in [0.25, 0.3) is 0 Å². The van der Waals surface area contributed by atoms with E-state index in [-0.39, 0.29) is 18.5 Å². The summed E-state index contributed by atoms with van der Waals surface area (Å²) in [6.07, 6.45) is 5.10. The number of esters is 1. The highest BCUT2D eigenvalue weighted by Crippen LogP contribution is 2.21. The van der Waals surface area contributed by atoms with E-state index in [1.807, 2.05) is 0 Å². The molecule has 0 heterocycles. The Bertz CT molecular complexity index is 512. The van der Waals surface area contributed by atoms with Crippen molar-refractivity contribution in [2.45, 2.75) is 43.5 Å². The Morgan fingerprint density at radius 3 is 2.43 bits per heavy atom. The summed E-state index contributed by atoms with van der Waals surface area (Å²) in [6.45, 7) is 0.756. The molecule has 1 saturated carbocycles. The molecule has 0 aromatic carbocycles. The first-order valence-corrected chi connectivity index (χ1v) is 8.46. The van der Waals surface area contributed by atoms with Gasteiger partial charge in [0.1, 0.15) is 6.61 Å². The summed E-state index contributed by atoms with van der Waals surface area (Å²) in [4.78, 5) is 11.5. The predicted octanol–water partition coefficient (Wildman–Crippen LogP) is 1.89. The van der Waals surface area contributed by atoms with Crippen molar-refractivity contribution < 1.29 is 40.8 Å². The molecule has 0 amide bonds. The number of rotatable bonds is 9. The first-order valence-electron chi connectivity index (χ1n) is 7.02. The molecule has 7 nitrogen and oxygen atoms in total. The van der Waals surface area contributed by atoms with Gasteiger partial charge in [-0.05, 0) is 12.8 Å². The van der Waals surface area contributed by atoms with E-state index >= 15 is 0 Å². The molecule has 1 aliphatic carbocycles. The van der Waals surface area contributed by atoms with E-state index in [0.717, 1.165) is 32.1 Å². The van der Waals surface area contributed by atoms with Gasteiger partial charge in [-0.25, -0.2) is 4.79 Å². The molecule has 0 aromatic heterocycles. The molecule has 1 rings (SSSR count). The quantitative estimate of drug-likeness (QED) is 0.291. The number of halogens is 2. The Balaban J connectivity index is 2.22. The number of hydrogen-bond acceptors (Lipinski definition) is 6. The lowest BCUT2D eigenvalue weighted by atomic mass is 9.98. The van der Waals surface area contributed by atoms with Crippen molar-refractivity contribution in [1.82, 2.24) is 0 Å². The van der Waals surface area contributed by atoms with Crippen molar-refractivity contribution in [3.8, 4) is 0 Å². The predicted molar refractivity (Wildman–Crippen MR) is 75.4 cm³/mol. The molecule has 0 spiro atoms. The molecule has 23 heavy (non-hydrogen) atoms. The Hall–Kier alpha value is -1.10. The number of hydrogen-bond donors (Lipinski definition) is 1. The van der Waals surface area contributed by atoms with Crippen molar-refractivity contribution in [3.63, 3.8) is 0 Å². The largest absolute Gasteiger partial charge is 0.435 e. The fraction of sp³-hybridized carbons (Fsp3) is 0.769. The molecule has 134 valence electrons. The summed E-state index contributed by atoms with van der Waals surface area (Å²) in [5.41, 5.74) is -0.275. The van der Waals surface area contributed by atoms with Crippen LogP contribution < -0.4 is 0 Å². The van der Waals surface area contributed by atoms with E-state index in [9.17, 15) is 22.0 Å². The van der Waals surface area contributed by atoms with Crippen molar-refractivity contribution in [2.24, 2.45) is 0 Å². The van der Waals surface area contributed by atoms with Gasteiger partial charge in [0.15, 0.2) is 6.79 Å². The molecule has 0 atom stereocenters. The molecule has 0 radical (unpaired) electrons. The fourth-order valence-electron chi connectivity index (χ4n) is 1.94. The van der Waals surface area contributed by atoms with Crippen LogP contribution in [-0.4, -0.2) is 50.3 Å². The van der Waals surface area contributed by atoms with Gasteiger partial charge in [-0.15, -0.1) is 0 Å². The molecular formula is C13H20F2O7S. The Morgan fingerprint density at radius 1 is 1.26 bits per heavy atom. The Labute approximate surface area is 133 Å². The second-order valence-corrected chi connectivity index (χ2v) is 6.73. The van der Waals surface area contributed by atoms with Crippen LogP contribution in [0.5, 0.6) is 0 Å². The molecule has 0 bridgehead atoms. The first kappa shape index (κ1) is 19.9. The zero-order chi connectivity index (χ0) is 17.5. The maximum absolute atomic E-state index is 12.9. The van der Waals surface area contributed by atoms with Crippen LogP contribution in [0.25, 0.3) is 0 Å². The minimum atomic E-state index is -5.57. The highest BCUT2D eigenvalue weighted by Gasteiger charge is 2.44. The van der Waals surface area contributed by atoms with Crippen molar-refractivity contribution in [3.05, 3.63) is 12.2 Å². The molecular weight excluding hydrogens is 338 g/mol. The minimum absolute atomic E-state index is 0.0366. The molecule has 0 unspecified atom stereocenters. The van der Waals surface area contributed by atoms with Crippen LogP contribution in [0.3, 0.4) is 0 Å².